The van der Waals surface area contributed by atoms with Crippen molar-refractivity contribution in [2.45, 2.75) is 30.8 Å². The topological polar surface area (TPSA) is 21.3 Å². The molecule has 3 heteroatoms. The van der Waals surface area contributed by atoms with E-state index < -0.39 is 0 Å². The quantitative estimate of drug-likeness (QED) is 0.583. The first-order valence-electron chi connectivity index (χ1n) is 5.72. The van der Waals surface area contributed by atoms with E-state index in [1.807, 2.05) is 25.2 Å². The summed E-state index contributed by atoms with van der Waals surface area (Å²) in [5.74, 6) is 1.01. The third-order valence-electron chi connectivity index (χ3n) is 2.43. The Morgan fingerprint density at radius 1 is 1.38 bits per heavy atom. The van der Waals surface area contributed by atoms with Gasteiger partial charge in [-0.25, -0.2) is 0 Å². The molecule has 1 aromatic carbocycles. The molecule has 0 saturated carbocycles. The molecule has 0 aliphatic carbocycles. The minimum Gasteiger partial charge on any atom is -0.490 e. The second-order valence-corrected chi connectivity index (χ2v) is 4.67. The number of rotatable bonds is 7. The van der Waals surface area contributed by atoms with Gasteiger partial charge in [0.25, 0.3) is 0 Å². The van der Waals surface area contributed by atoms with Gasteiger partial charge in [0.15, 0.2) is 0 Å². The van der Waals surface area contributed by atoms with Crippen molar-refractivity contribution in [1.82, 2.24) is 5.32 Å². The summed E-state index contributed by atoms with van der Waals surface area (Å²) in [6.07, 6.45) is 4.60. The molecule has 1 aromatic rings. The van der Waals surface area contributed by atoms with Crippen LogP contribution in [0.4, 0.5) is 0 Å². The van der Waals surface area contributed by atoms with E-state index in [2.05, 4.69) is 24.6 Å². The highest BCUT2D eigenvalue weighted by Gasteiger charge is 2.06. The molecule has 0 saturated heterocycles. The number of para-hydroxylation sites is 1. The zero-order valence-electron chi connectivity index (χ0n) is 10.3. The summed E-state index contributed by atoms with van der Waals surface area (Å²) in [7, 11) is 1.98. The molecule has 0 radical (unpaired) electrons. The Morgan fingerprint density at radius 3 is 2.81 bits per heavy atom. The highest BCUT2D eigenvalue weighted by molar-refractivity contribution is 7.98. The van der Waals surface area contributed by atoms with Crippen LogP contribution >= 0.6 is 11.8 Å². The predicted molar refractivity (Wildman–Crippen MR) is 71.5 cm³/mol. The van der Waals surface area contributed by atoms with Gasteiger partial charge in [-0.2, -0.15) is 0 Å². The van der Waals surface area contributed by atoms with Crippen molar-refractivity contribution in [3.8, 4) is 5.75 Å². The van der Waals surface area contributed by atoms with Crippen molar-refractivity contribution in [2.24, 2.45) is 0 Å². The number of hydrogen-bond acceptors (Lipinski definition) is 3. The predicted octanol–water partition coefficient (Wildman–Crippen LogP) is 3.18. The fraction of sp³-hybridized carbons (Fsp3) is 0.538. The van der Waals surface area contributed by atoms with E-state index in [1.165, 1.54) is 4.90 Å². The number of ether oxygens (including phenoxy) is 1. The summed E-state index contributed by atoms with van der Waals surface area (Å²) in [4.78, 5) is 1.21. The Bertz CT molecular complexity index is 304. The molecule has 90 valence electrons. The van der Waals surface area contributed by atoms with Crippen molar-refractivity contribution in [1.29, 1.82) is 0 Å². The summed E-state index contributed by atoms with van der Waals surface area (Å²) in [5, 5.41) is 3.15. The van der Waals surface area contributed by atoms with Crippen molar-refractivity contribution in [3.05, 3.63) is 24.3 Å². The average Bonchev–Trinajstić information content (AvgIpc) is 2.30. The molecule has 0 aliphatic rings. The van der Waals surface area contributed by atoms with Crippen LogP contribution in [0.25, 0.3) is 0 Å². The smallest absolute Gasteiger partial charge is 0.133 e. The Morgan fingerprint density at radius 2 is 2.12 bits per heavy atom. The summed E-state index contributed by atoms with van der Waals surface area (Å²) in [6, 6.07) is 8.21. The molecule has 0 amide bonds. The molecular formula is C13H21NOS. The summed E-state index contributed by atoms with van der Waals surface area (Å²) in [6.45, 7) is 3.19. The summed E-state index contributed by atoms with van der Waals surface area (Å²) < 4.78 is 5.93. The monoisotopic (exact) mass is 239 g/mol. The maximum atomic E-state index is 5.93. The van der Waals surface area contributed by atoms with E-state index in [1.54, 1.807) is 11.8 Å². The van der Waals surface area contributed by atoms with Crippen LogP contribution in [0.1, 0.15) is 19.8 Å². The highest BCUT2D eigenvalue weighted by atomic mass is 32.2. The van der Waals surface area contributed by atoms with Crippen LogP contribution in [0, 0.1) is 0 Å². The lowest BCUT2D eigenvalue weighted by atomic mass is 10.2. The van der Waals surface area contributed by atoms with Crippen molar-refractivity contribution in [2.75, 3.05) is 19.8 Å². The third kappa shape index (κ3) is 4.45. The molecule has 0 aliphatic heterocycles. The molecule has 1 N–H and O–H groups in total. The lowest BCUT2D eigenvalue weighted by molar-refractivity contribution is 0.203. The van der Waals surface area contributed by atoms with E-state index in [-0.39, 0.29) is 6.10 Å². The largest absolute Gasteiger partial charge is 0.490 e. The molecule has 16 heavy (non-hydrogen) atoms. The lowest BCUT2D eigenvalue weighted by Crippen LogP contribution is -2.15. The molecule has 0 heterocycles. The average molecular weight is 239 g/mol. The molecule has 2 nitrogen and oxygen atoms in total. The van der Waals surface area contributed by atoms with Crippen LogP contribution in [-0.2, 0) is 0 Å². The van der Waals surface area contributed by atoms with Gasteiger partial charge in [0, 0.05) is 4.90 Å². The maximum absolute atomic E-state index is 5.93. The second-order valence-electron chi connectivity index (χ2n) is 3.83. The summed E-state index contributed by atoms with van der Waals surface area (Å²) >= 11 is 1.73. The van der Waals surface area contributed by atoms with Crippen molar-refractivity contribution < 1.29 is 4.74 Å². The van der Waals surface area contributed by atoms with Crippen LogP contribution in [0.2, 0.25) is 0 Å². The van der Waals surface area contributed by atoms with Gasteiger partial charge in [0.1, 0.15) is 5.75 Å². The molecule has 0 spiro atoms. The molecule has 0 bridgehead atoms. The first-order valence-corrected chi connectivity index (χ1v) is 6.94. The lowest BCUT2D eigenvalue weighted by Gasteiger charge is -2.16. The molecular weight excluding hydrogens is 218 g/mol. The number of hydrogen-bond donors (Lipinski definition) is 1. The van der Waals surface area contributed by atoms with Gasteiger partial charge in [-0.1, -0.05) is 12.1 Å². The normalized spacial score (nSPS) is 12.4. The summed E-state index contributed by atoms with van der Waals surface area (Å²) in [5.41, 5.74) is 0. The Labute approximate surface area is 103 Å². The van der Waals surface area contributed by atoms with Crippen molar-refractivity contribution >= 4 is 11.8 Å². The molecule has 1 rings (SSSR count). The Kier molecular flexibility index (Phi) is 6.34. The Hall–Kier alpha value is -0.670. The van der Waals surface area contributed by atoms with Crippen LogP contribution in [-0.4, -0.2) is 26.0 Å². The number of benzene rings is 1. The minimum atomic E-state index is 0.279. The van der Waals surface area contributed by atoms with Gasteiger partial charge in [-0.15, -0.1) is 11.8 Å². The third-order valence-corrected chi connectivity index (χ3v) is 3.21. The fourth-order valence-electron chi connectivity index (χ4n) is 1.56. The van der Waals surface area contributed by atoms with Gasteiger partial charge >= 0.3 is 0 Å². The minimum absolute atomic E-state index is 0.279. The zero-order valence-corrected chi connectivity index (χ0v) is 11.1. The number of thioether (sulfide) groups is 1. The highest BCUT2D eigenvalue weighted by Crippen LogP contribution is 2.28. The van der Waals surface area contributed by atoms with Gasteiger partial charge in [-0.05, 0) is 51.7 Å². The van der Waals surface area contributed by atoms with Gasteiger partial charge < -0.3 is 10.1 Å². The zero-order chi connectivity index (χ0) is 11.8. The second kappa shape index (κ2) is 7.58. The molecule has 0 fully saturated rings. The SMILES string of the molecule is CNCCCC(C)Oc1ccccc1SC. The first-order chi connectivity index (χ1) is 7.77. The van der Waals surface area contributed by atoms with Crippen LogP contribution in [0.15, 0.2) is 29.2 Å². The van der Waals surface area contributed by atoms with Gasteiger partial charge in [-0.3, -0.25) is 0 Å². The van der Waals surface area contributed by atoms with Crippen molar-refractivity contribution in [3.63, 3.8) is 0 Å². The van der Waals surface area contributed by atoms with Crippen LogP contribution in [0.3, 0.4) is 0 Å². The molecule has 1 atom stereocenters. The van der Waals surface area contributed by atoms with E-state index >= 15 is 0 Å². The van der Waals surface area contributed by atoms with E-state index in [0.29, 0.717) is 0 Å². The van der Waals surface area contributed by atoms with Crippen LogP contribution < -0.4 is 10.1 Å². The molecule has 0 aromatic heterocycles. The number of nitrogens with one attached hydrogen (secondary N) is 1. The van der Waals surface area contributed by atoms with Crippen LogP contribution in [0.5, 0.6) is 5.75 Å². The Balaban J connectivity index is 2.45. The van der Waals surface area contributed by atoms with Gasteiger partial charge in [0.05, 0.1) is 6.10 Å². The molecule has 1 unspecified atom stereocenters. The maximum Gasteiger partial charge on any atom is 0.133 e. The van der Waals surface area contributed by atoms with E-state index in [0.717, 1.165) is 25.1 Å². The first kappa shape index (κ1) is 13.4. The van der Waals surface area contributed by atoms with E-state index in [9.17, 15) is 0 Å². The fourth-order valence-corrected chi connectivity index (χ4v) is 2.09. The van der Waals surface area contributed by atoms with Gasteiger partial charge in [0.2, 0.25) is 0 Å². The standard InChI is InChI=1S/C13H21NOS/c1-11(7-6-10-14-2)15-12-8-4-5-9-13(12)16-3/h4-5,8-9,11,14H,6-7,10H2,1-3H3. The van der Waals surface area contributed by atoms with E-state index in [4.69, 9.17) is 4.74 Å².